The van der Waals surface area contributed by atoms with Gasteiger partial charge in [0.05, 0.1) is 18.7 Å². The average molecular weight is 288 g/mol. The molecule has 7 heteroatoms. The lowest BCUT2D eigenvalue weighted by molar-refractivity contribution is 0.0690. The molecule has 1 aromatic heterocycles. The number of carbonyl (C=O) groups is 1. The first-order valence-electron chi connectivity index (χ1n) is 5.70. The molecule has 21 heavy (non-hydrogen) atoms. The normalized spacial score (nSPS) is 9.76. The van der Waals surface area contributed by atoms with E-state index in [9.17, 15) is 9.18 Å². The molecule has 0 unspecified atom stereocenters. The summed E-state index contributed by atoms with van der Waals surface area (Å²) in [6.45, 7) is 0. The number of nitrogens with zero attached hydrogens (tertiary/aromatic N) is 2. The third kappa shape index (κ3) is 3.06. The highest BCUT2D eigenvalue weighted by atomic mass is 19.1. The zero-order valence-electron chi connectivity index (χ0n) is 10.8. The summed E-state index contributed by atoms with van der Waals surface area (Å²) in [6.07, 6.45) is 1.12. The van der Waals surface area contributed by atoms with E-state index in [0.29, 0.717) is 5.75 Å². The number of hydrogen-bond acceptors (Lipinski definition) is 5. The number of methoxy groups -OCH3 is 1. The number of rotatable bonds is 4. The molecule has 0 saturated carbocycles. The second-order valence-corrected chi connectivity index (χ2v) is 3.89. The van der Waals surface area contributed by atoms with Gasteiger partial charge in [0.25, 0.3) is 5.88 Å². The van der Waals surface area contributed by atoms with E-state index in [2.05, 4.69) is 4.98 Å². The summed E-state index contributed by atoms with van der Waals surface area (Å²) in [6, 6.07) is 7.19. The molecule has 0 spiro atoms. The molecule has 0 aliphatic carbocycles. The van der Waals surface area contributed by atoms with Crippen molar-refractivity contribution in [3.05, 3.63) is 47.4 Å². The van der Waals surface area contributed by atoms with Crippen molar-refractivity contribution in [1.29, 1.82) is 5.26 Å². The van der Waals surface area contributed by atoms with Gasteiger partial charge in [0.2, 0.25) is 0 Å². The Hall–Kier alpha value is -3.14. The van der Waals surface area contributed by atoms with Crippen LogP contribution in [0.4, 0.5) is 4.39 Å². The highest BCUT2D eigenvalue weighted by Crippen LogP contribution is 2.28. The van der Waals surface area contributed by atoms with Gasteiger partial charge in [0.15, 0.2) is 5.82 Å². The van der Waals surface area contributed by atoms with Gasteiger partial charge >= 0.3 is 5.97 Å². The summed E-state index contributed by atoms with van der Waals surface area (Å²) in [7, 11) is 1.41. The number of benzene rings is 1. The van der Waals surface area contributed by atoms with Crippen molar-refractivity contribution in [2.45, 2.75) is 0 Å². The number of hydrogen-bond donors (Lipinski definition) is 1. The van der Waals surface area contributed by atoms with Gasteiger partial charge in [-0.05, 0) is 18.2 Å². The van der Waals surface area contributed by atoms with E-state index in [1.165, 1.54) is 25.3 Å². The van der Waals surface area contributed by atoms with Crippen LogP contribution in [0.15, 0.2) is 30.5 Å². The monoisotopic (exact) mass is 288 g/mol. The van der Waals surface area contributed by atoms with Crippen LogP contribution in [0.2, 0.25) is 0 Å². The van der Waals surface area contributed by atoms with E-state index >= 15 is 0 Å². The van der Waals surface area contributed by atoms with Crippen LogP contribution in [0.1, 0.15) is 15.9 Å². The third-order valence-electron chi connectivity index (χ3n) is 2.55. The maximum Gasteiger partial charge on any atom is 0.338 e. The Morgan fingerprint density at radius 2 is 2.10 bits per heavy atom. The highest BCUT2D eigenvalue weighted by Gasteiger charge is 2.17. The van der Waals surface area contributed by atoms with Crippen molar-refractivity contribution in [2.75, 3.05) is 7.11 Å². The van der Waals surface area contributed by atoms with Gasteiger partial charge < -0.3 is 14.6 Å². The number of carboxylic acids is 1. The minimum absolute atomic E-state index is 0.111. The summed E-state index contributed by atoms with van der Waals surface area (Å²) in [5.74, 6) is -2.56. The van der Waals surface area contributed by atoms with Crippen LogP contribution in [0, 0.1) is 17.1 Å². The Morgan fingerprint density at radius 3 is 2.71 bits per heavy atom. The Bertz CT molecular complexity index is 740. The minimum Gasteiger partial charge on any atom is -0.497 e. The molecule has 2 rings (SSSR count). The number of aromatic carboxylic acids is 1. The molecule has 0 amide bonds. The summed E-state index contributed by atoms with van der Waals surface area (Å²) in [4.78, 5) is 14.5. The number of carboxylic acid groups (broad SMARTS) is 1. The maximum atomic E-state index is 13.9. The summed E-state index contributed by atoms with van der Waals surface area (Å²) in [5, 5.41) is 17.7. The molecule has 1 N–H and O–H groups in total. The number of nitriles is 1. The first-order valence-corrected chi connectivity index (χ1v) is 5.70. The van der Waals surface area contributed by atoms with E-state index in [1.54, 1.807) is 0 Å². The molecule has 0 atom stereocenters. The van der Waals surface area contributed by atoms with E-state index < -0.39 is 23.2 Å². The quantitative estimate of drug-likeness (QED) is 0.929. The van der Waals surface area contributed by atoms with Gasteiger partial charge in [-0.15, -0.1) is 0 Å². The van der Waals surface area contributed by atoms with Crippen molar-refractivity contribution in [3.8, 4) is 23.4 Å². The number of pyridine rings is 1. The Balaban J connectivity index is 2.41. The van der Waals surface area contributed by atoms with Gasteiger partial charge in [0, 0.05) is 12.3 Å². The molecule has 0 bridgehead atoms. The van der Waals surface area contributed by atoms with Crippen LogP contribution < -0.4 is 9.47 Å². The molecule has 1 aromatic carbocycles. The molecule has 0 radical (unpaired) electrons. The van der Waals surface area contributed by atoms with Crippen molar-refractivity contribution in [2.24, 2.45) is 0 Å². The lowest BCUT2D eigenvalue weighted by Gasteiger charge is -2.09. The average Bonchev–Trinajstić information content (AvgIpc) is 2.48. The molecular weight excluding hydrogens is 279 g/mol. The van der Waals surface area contributed by atoms with Crippen LogP contribution in [-0.4, -0.2) is 23.2 Å². The first-order chi connectivity index (χ1) is 10.0. The van der Waals surface area contributed by atoms with E-state index in [0.717, 1.165) is 12.3 Å². The van der Waals surface area contributed by atoms with E-state index in [4.69, 9.17) is 19.8 Å². The molecule has 2 aromatic rings. The molecule has 1 heterocycles. The SMILES string of the molecule is COc1cc(C#N)cc(Oc2nccc(C(=O)O)c2F)c1. The summed E-state index contributed by atoms with van der Waals surface area (Å²) in [5.41, 5.74) is -0.303. The van der Waals surface area contributed by atoms with Crippen molar-refractivity contribution >= 4 is 5.97 Å². The molecule has 0 aliphatic rings. The second-order valence-electron chi connectivity index (χ2n) is 3.89. The van der Waals surface area contributed by atoms with Crippen LogP contribution in [0.5, 0.6) is 17.4 Å². The van der Waals surface area contributed by atoms with Gasteiger partial charge in [-0.3, -0.25) is 0 Å². The molecule has 0 fully saturated rings. The lowest BCUT2D eigenvalue weighted by atomic mass is 10.2. The molecule has 0 aliphatic heterocycles. The Kier molecular flexibility index (Phi) is 4.00. The fourth-order valence-corrected chi connectivity index (χ4v) is 1.59. The van der Waals surface area contributed by atoms with Gasteiger partial charge in [0.1, 0.15) is 17.1 Å². The number of aromatic nitrogens is 1. The minimum atomic E-state index is -1.43. The topological polar surface area (TPSA) is 92.4 Å². The predicted molar refractivity (Wildman–Crippen MR) is 68.9 cm³/mol. The van der Waals surface area contributed by atoms with Gasteiger partial charge in [-0.25, -0.2) is 14.2 Å². The zero-order valence-corrected chi connectivity index (χ0v) is 10.8. The fraction of sp³-hybridized carbons (Fsp3) is 0.0714. The van der Waals surface area contributed by atoms with Crippen LogP contribution in [0.25, 0.3) is 0 Å². The van der Waals surface area contributed by atoms with Crippen LogP contribution in [-0.2, 0) is 0 Å². The van der Waals surface area contributed by atoms with E-state index in [-0.39, 0.29) is 11.3 Å². The standard InChI is InChI=1S/C14H9FN2O4/c1-20-9-4-8(7-16)5-10(6-9)21-13-12(15)11(14(18)19)2-3-17-13/h2-6H,1H3,(H,18,19). The zero-order chi connectivity index (χ0) is 15.4. The first kappa shape index (κ1) is 14.3. The van der Waals surface area contributed by atoms with Crippen molar-refractivity contribution < 1.29 is 23.8 Å². The highest BCUT2D eigenvalue weighted by molar-refractivity contribution is 5.88. The van der Waals surface area contributed by atoms with Gasteiger partial charge in [-0.1, -0.05) is 0 Å². The maximum absolute atomic E-state index is 13.9. The lowest BCUT2D eigenvalue weighted by Crippen LogP contribution is -2.03. The molecule has 6 nitrogen and oxygen atoms in total. The van der Waals surface area contributed by atoms with Crippen LogP contribution >= 0.6 is 0 Å². The largest absolute Gasteiger partial charge is 0.497 e. The molecule has 0 saturated heterocycles. The Morgan fingerprint density at radius 1 is 1.38 bits per heavy atom. The number of ether oxygens (including phenoxy) is 2. The van der Waals surface area contributed by atoms with Gasteiger partial charge in [-0.2, -0.15) is 5.26 Å². The van der Waals surface area contributed by atoms with Crippen LogP contribution in [0.3, 0.4) is 0 Å². The van der Waals surface area contributed by atoms with E-state index in [1.807, 2.05) is 6.07 Å². The Labute approximate surface area is 119 Å². The second kappa shape index (κ2) is 5.88. The number of halogens is 1. The predicted octanol–water partition coefficient (Wildman–Crippen LogP) is 2.59. The molecular formula is C14H9FN2O4. The smallest absolute Gasteiger partial charge is 0.338 e. The summed E-state index contributed by atoms with van der Waals surface area (Å²) >= 11 is 0. The fourth-order valence-electron chi connectivity index (χ4n) is 1.59. The van der Waals surface area contributed by atoms with Crippen molar-refractivity contribution in [3.63, 3.8) is 0 Å². The van der Waals surface area contributed by atoms with Crippen molar-refractivity contribution in [1.82, 2.24) is 4.98 Å². The third-order valence-corrected chi connectivity index (χ3v) is 2.55. The summed E-state index contributed by atoms with van der Waals surface area (Å²) < 4.78 is 24.1. The molecule has 106 valence electrons.